The lowest BCUT2D eigenvalue weighted by Crippen LogP contribution is -2.52. The molecule has 1 aliphatic heterocycles. The van der Waals surface area contributed by atoms with Crippen LogP contribution in [0.4, 0.5) is 10.1 Å². The third-order valence-corrected chi connectivity index (χ3v) is 4.73. The van der Waals surface area contributed by atoms with Gasteiger partial charge in [-0.05, 0) is 31.9 Å². The van der Waals surface area contributed by atoms with Gasteiger partial charge in [-0.15, -0.1) is 0 Å². The van der Waals surface area contributed by atoms with Crippen LogP contribution in [0.3, 0.4) is 0 Å². The van der Waals surface area contributed by atoms with Gasteiger partial charge in [0, 0.05) is 45.5 Å². The third kappa shape index (κ3) is 5.61. The number of hydrogen-bond acceptors (Lipinski definition) is 4. The smallest absolute Gasteiger partial charge is 0.191 e. The number of benzene rings is 1. The minimum Gasteiger partial charge on any atom is -0.489 e. The summed E-state index contributed by atoms with van der Waals surface area (Å²) in [6.07, 6.45) is 6.02. The zero-order valence-electron chi connectivity index (χ0n) is 16.7. The van der Waals surface area contributed by atoms with E-state index in [0.717, 1.165) is 37.6 Å². The molecule has 1 aliphatic rings. The number of rotatable bonds is 6. The summed E-state index contributed by atoms with van der Waals surface area (Å²) in [7, 11) is 3.69. The van der Waals surface area contributed by atoms with Crippen molar-refractivity contribution in [2.24, 2.45) is 12.0 Å². The molecule has 2 aromatic rings. The Kier molecular flexibility index (Phi) is 6.73. The van der Waals surface area contributed by atoms with Gasteiger partial charge in [0.1, 0.15) is 17.7 Å². The monoisotopic (exact) mass is 388 g/mol. The van der Waals surface area contributed by atoms with E-state index >= 15 is 0 Å². The van der Waals surface area contributed by atoms with Crippen molar-refractivity contribution in [3.8, 4) is 5.75 Å². The van der Waals surface area contributed by atoms with Crippen LogP contribution in [0.1, 0.15) is 19.8 Å². The molecule has 2 atom stereocenters. The summed E-state index contributed by atoms with van der Waals surface area (Å²) >= 11 is 0. The molecule has 1 saturated heterocycles. The Hall–Kier alpha value is -2.77. The molecule has 0 saturated carbocycles. The Labute approximate surface area is 165 Å². The predicted octanol–water partition coefficient (Wildman–Crippen LogP) is 2.16. The first-order valence-corrected chi connectivity index (χ1v) is 9.66. The number of hydrogen-bond donors (Lipinski definition) is 2. The highest BCUT2D eigenvalue weighted by molar-refractivity contribution is 5.80. The first-order valence-electron chi connectivity index (χ1n) is 9.66. The molecule has 8 heteroatoms. The van der Waals surface area contributed by atoms with Gasteiger partial charge in [0.2, 0.25) is 0 Å². The van der Waals surface area contributed by atoms with Gasteiger partial charge in [0.15, 0.2) is 5.96 Å². The van der Waals surface area contributed by atoms with Gasteiger partial charge in [0.05, 0.1) is 18.4 Å². The quantitative estimate of drug-likeness (QED) is 0.586. The second kappa shape index (κ2) is 9.43. The van der Waals surface area contributed by atoms with E-state index in [-0.39, 0.29) is 11.9 Å². The molecule has 3 rings (SSSR count). The molecule has 0 amide bonds. The predicted molar refractivity (Wildman–Crippen MR) is 109 cm³/mol. The third-order valence-electron chi connectivity index (χ3n) is 4.73. The maximum Gasteiger partial charge on any atom is 0.191 e. The van der Waals surface area contributed by atoms with E-state index in [1.165, 1.54) is 12.1 Å². The first kappa shape index (κ1) is 20.0. The largest absolute Gasteiger partial charge is 0.489 e. The molecule has 152 valence electrons. The number of aryl methyl sites for hydroxylation is 1. The number of halogens is 1. The maximum absolute atomic E-state index is 13.3. The molecular formula is C20H29FN6O. The Morgan fingerprint density at radius 2 is 2.32 bits per heavy atom. The molecule has 1 aromatic carbocycles. The van der Waals surface area contributed by atoms with Crippen LogP contribution in [0.5, 0.6) is 5.75 Å². The summed E-state index contributed by atoms with van der Waals surface area (Å²) in [6, 6.07) is 6.49. The lowest BCUT2D eigenvalue weighted by Gasteiger charge is -2.34. The summed E-state index contributed by atoms with van der Waals surface area (Å²) in [5, 5.41) is 11.1. The van der Waals surface area contributed by atoms with Gasteiger partial charge in [-0.3, -0.25) is 9.67 Å². The highest BCUT2D eigenvalue weighted by Crippen LogP contribution is 2.19. The zero-order chi connectivity index (χ0) is 19.9. The van der Waals surface area contributed by atoms with Crippen LogP contribution < -0.4 is 20.3 Å². The molecule has 7 nitrogen and oxygen atoms in total. The molecular weight excluding hydrogens is 359 g/mol. The van der Waals surface area contributed by atoms with E-state index in [4.69, 9.17) is 4.74 Å². The number of piperidine rings is 1. The molecule has 0 radical (unpaired) electrons. The summed E-state index contributed by atoms with van der Waals surface area (Å²) in [5.74, 6) is 0.968. The van der Waals surface area contributed by atoms with Crippen molar-refractivity contribution < 1.29 is 9.13 Å². The Morgan fingerprint density at radius 3 is 3.04 bits per heavy atom. The number of ether oxygens (including phenoxy) is 1. The summed E-state index contributed by atoms with van der Waals surface area (Å²) < 4.78 is 20.8. The van der Waals surface area contributed by atoms with E-state index in [0.29, 0.717) is 18.3 Å². The summed E-state index contributed by atoms with van der Waals surface area (Å²) in [5.41, 5.74) is 1.15. The number of aromatic nitrogens is 2. The van der Waals surface area contributed by atoms with Crippen LogP contribution in [-0.4, -0.2) is 54.6 Å². The lowest BCUT2D eigenvalue weighted by atomic mass is 10.1. The van der Waals surface area contributed by atoms with Crippen LogP contribution in [0.15, 0.2) is 41.7 Å². The number of nitrogens with zero attached hydrogens (tertiary/aromatic N) is 4. The fourth-order valence-corrected chi connectivity index (χ4v) is 3.34. The number of aliphatic imine (C=N–C) groups is 1. The molecule has 2 heterocycles. The van der Waals surface area contributed by atoms with Crippen LogP contribution in [0.25, 0.3) is 0 Å². The minimum absolute atomic E-state index is 0.126. The normalized spacial score (nSPS) is 18.6. The van der Waals surface area contributed by atoms with E-state index in [2.05, 4.69) is 25.6 Å². The van der Waals surface area contributed by atoms with Crippen molar-refractivity contribution in [2.45, 2.75) is 31.9 Å². The van der Waals surface area contributed by atoms with E-state index in [9.17, 15) is 4.39 Å². The van der Waals surface area contributed by atoms with Crippen molar-refractivity contribution in [2.75, 3.05) is 31.6 Å². The number of guanidine groups is 1. The van der Waals surface area contributed by atoms with E-state index in [1.54, 1.807) is 19.2 Å². The first-order chi connectivity index (χ1) is 13.5. The van der Waals surface area contributed by atoms with Gasteiger partial charge in [-0.1, -0.05) is 6.07 Å². The standard InChI is InChI=1S/C20H29FN6O/c1-15(28-19-8-4-6-16(21)10-19)11-23-20(22-2)25-17-7-5-9-27(13-17)18-12-24-26(3)14-18/h4,6,8,10,12,14-15,17H,5,7,9,11,13H2,1-3H3,(H2,22,23,25). The van der Waals surface area contributed by atoms with Crippen molar-refractivity contribution in [1.29, 1.82) is 0 Å². The van der Waals surface area contributed by atoms with Crippen LogP contribution in [-0.2, 0) is 7.05 Å². The second-order valence-corrected chi connectivity index (χ2v) is 7.14. The second-order valence-electron chi connectivity index (χ2n) is 7.14. The lowest BCUT2D eigenvalue weighted by molar-refractivity contribution is 0.222. The average Bonchev–Trinajstić information content (AvgIpc) is 3.12. The number of anilines is 1. The molecule has 0 spiro atoms. The highest BCUT2D eigenvalue weighted by Gasteiger charge is 2.22. The summed E-state index contributed by atoms with van der Waals surface area (Å²) in [4.78, 5) is 6.67. The Bertz CT molecular complexity index is 793. The van der Waals surface area contributed by atoms with Gasteiger partial charge < -0.3 is 20.3 Å². The summed E-state index contributed by atoms with van der Waals surface area (Å²) in [6.45, 7) is 4.45. The number of nitrogens with one attached hydrogen (secondary N) is 2. The van der Waals surface area contributed by atoms with Crippen molar-refractivity contribution in [3.05, 3.63) is 42.5 Å². The van der Waals surface area contributed by atoms with Gasteiger partial charge in [-0.2, -0.15) is 5.10 Å². The van der Waals surface area contributed by atoms with Gasteiger partial charge >= 0.3 is 0 Å². The topological polar surface area (TPSA) is 66.7 Å². The van der Waals surface area contributed by atoms with Gasteiger partial charge in [0.25, 0.3) is 0 Å². The van der Waals surface area contributed by atoms with E-state index < -0.39 is 0 Å². The average molecular weight is 388 g/mol. The van der Waals surface area contributed by atoms with Crippen molar-refractivity contribution in [3.63, 3.8) is 0 Å². The molecule has 1 aromatic heterocycles. The molecule has 28 heavy (non-hydrogen) atoms. The maximum atomic E-state index is 13.3. The highest BCUT2D eigenvalue weighted by atomic mass is 19.1. The van der Waals surface area contributed by atoms with Crippen molar-refractivity contribution >= 4 is 11.6 Å². The molecule has 2 N–H and O–H groups in total. The zero-order valence-corrected chi connectivity index (χ0v) is 16.7. The SMILES string of the molecule is CN=C(NCC(C)Oc1cccc(F)c1)NC1CCCN(c2cnn(C)c2)C1. The van der Waals surface area contributed by atoms with Crippen LogP contribution >= 0.6 is 0 Å². The van der Waals surface area contributed by atoms with E-state index in [1.807, 2.05) is 31.0 Å². The molecule has 0 aliphatic carbocycles. The molecule has 1 fully saturated rings. The molecule has 0 bridgehead atoms. The van der Waals surface area contributed by atoms with Crippen molar-refractivity contribution in [1.82, 2.24) is 20.4 Å². The Morgan fingerprint density at radius 1 is 1.46 bits per heavy atom. The Balaban J connectivity index is 1.47. The van der Waals surface area contributed by atoms with Crippen LogP contribution in [0.2, 0.25) is 0 Å². The molecule has 2 unspecified atom stereocenters. The minimum atomic E-state index is -0.300. The fourth-order valence-electron chi connectivity index (χ4n) is 3.34. The van der Waals surface area contributed by atoms with Crippen LogP contribution in [0, 0.1) is 5.82 Å². The van der Waals surface area contributed by atoms with Gasteiger partial charge in [-0.25, -0.2) is 4.39 Å². The fraction of sp³-hybridized carbons (Fsp3) is 0.500.